The van der Waals surface area contributed by atoms with Gasteiger partial charge in [-0.05, 0) is 53.8 Å². The third-order valence-corrected chi connectivity index (χ3v) is 3.78. The summed E-state index contributed by atoms with van der Waals surface area (Å²) < 4.78 is 2.18. The minimum Gasteiger partial charge on any atom is -0.343 e. The Morgan fingerprint density at radius 2 is 2.00 bits per heavy atom. The van der Waals surface area contributed by atoms with Gasteiger partial charge < -0.3 is 4.57 Å². The van der Waals surface area contributed by atoms with Gasteiger partial charge in [-0.2, -0.15) is 5.26 Å². The highest BCUT2D eigenvalue weighted by molar-refractivity contribution is 6.31. The summed E-state index contributed by atoms with van der Waals surface area (Å²) in [6.07, 6.45) is 2.07. The standard InChI is InChI=1S/C17H13ClN2/c1-12-8-13(10-19)2-3-15(12)11-20-7-6-14-4-5-16(18)9-17(14)20/h2-9H,11H2,1H3. The van der Waals surface area contributed by atoms with Crippen LogP contribution in [-0.4, -0.2) is 4.57 Å². The van der Waals surface area contributed by atoms with E-state index in [2.05, 4.69) is 22.9 Å². The average molecular weight is 281 g/mol. The highest BCUT2D eigenvalue weighted by Gasteiger charge is 2.05. The fraction of sp³-hybridized carbons (Fsp3) is 0.118. The van der Waals surface area contributed by atoms with E-state index < -0.39 is 0 Å². The highest BCUT2D eigenvalue weighted by atomic mass is 35.5. The van der Waals surface area contributed by atoms with Gasteiger partial charge in [-0.1, -0.05) is 23.7 Å². The average Bonchev–Trinajstić information content (AvgIpc) is 2.83. The summed E-state index contributed by atoms with van der Waals surface area (Å²) in [5, 5.41) is 10.8. The monoisotopic (exact) mass is 280 g/mol. The van der Waals surface area contributed by atoms with Gasteiger partial charge in [0.1, 0.15) is 0 Å². The highest BCUT2D eigenvalue weighted by Crippen LogP contribution is 2.22. The molecule has 1 heterocycles. The minimum absolute atomic E-state index is 0.701. The van der Waals surface area contributed by atoms with Crippen molar-refractivity contribution in [2.24, 2.45) is 0 Å². The maximum absolute atomic E-state index is 8.91. The number of rotatable bonds is 2. The van der Waals surface area contributed by atoms with Crippen LogP contribution < -0.4 is 0 Å². The lowest BCUT2D eigenvalue weighted by molar-refractivity contribution is 0.830. The predicted molar refractivity (Wildman–Crippen MR) is 81.9 cm³/mol. The smallest absolute Gasteiger partial charge is 0.0991 e. The topological polar surface area (TPSA) is 28.7 Å². The van der Waals surface area contributed by atoms with Crippen molar-refractivity contribution < 1.29 is 0 Å². The van der Waals surface area contributed by atoms with E-state index in [1.54, 1.807) is 0 Å². The molecule has 0 aliphatic heterocycles. The van der Waals surface area contributed by atoms with Crippen LogP contribution in [0.1, 0.15) is 16.7 Å². The summed E-state index contributed by atoms with van der Waals surface area (Å²) in [5.74, 6) is 0. The molecule has 98 valence electrons. The Morgan fingerprint density at radius 3 is 2.75 bits per heavy atom. The van der Waals surface area contributed by atoms with E-state index in [0.29, 0.717) is 5.56 Å². The van der Waals surface area contributed by atoms with Gasteiger partial charge in [0.05, 0.1) is 11.6 Å². The Bertz CT molecular complexity index is 825. The van der Waals surface area contributed by atoms with Crippen LogP contribution >= 0.6 is 11.6 Å². The van der Waals surface area contributed by atoms with Crippen molar-refractivity contribution in [2.75, 3.05) is 0 Å². The third kappa shape index (κ3) is 2.29. The molecule has 3 heteroatoms. The molecule has 2 aromatic carbocycles. The number of aryl methyl sites for hydroxylation is 1. The van der Waals surface area contributed by atoms with Crippen LogP contribution in [0.3, 0.4) is 0 Å². The van der Waals surface area contributed by atoms with E-state index in [1.807, 2.05) is 43.3 Å². The fourth-order valence-electron chi connectivity index (χ4n) is 2.42. The van der Waals surface area contributed by atoms with Gasteiger partial charge in [-0.3, -0.25) is 0 Å². The molecule has 0 fully saturated rings. The number of fused-ring (bicyclic) bond motifs is 1. The first-order chi connectivity index (χ1) is 9.67. The second-order valence-corrected chi connectivity index (χ2v) is 5.34. The first-order valence-corrected chi connectivity index (χ1v) is 6.79. The first-order valence-electron chi connectivity index (χ1n) is 6.41. The zero-order chi connectivity index (χ0) is 14.1. The summed E-state index contributed by atoms with van der Waals surface area (Å²) >= 11 is 6.07. The number of hydrogen-bond donors (Lipinski definition) is 0. The molecule has 0 aliphatic carbocycles. The molecule has 0 spiro atoms. The molecular formula is C17H13ClN2. The zero-order valence-electron chi connectivity index (χ0n) is 11.1. The molecule has 0 saturated carbocycles. The Morgan fingerprint density at radius 1 is 1.15 bits per heavy atom. The van der Waals surface area contributed by atoms with Gasteiger partial charge in [0.25, 0.3) is 0 Å². The van der Waals surface area contributed by atoms with Gasteiger partial charge in [0, 0.05) is 23.3 Å². The lowest BCUT2D eigenvalue weighted by atomic mass is 10.1. The molecule has 0 bridgehead atoms. The van der Waals surface area contributed by atoms with Crippen LogP contribution in [0.5, 0.6) is 0 Å². The van der Waals surface area contributed by atoms with E-state index in [0.717, 1.165) is 22.6 Å². The quantitative estimate of drug-likeness (QED) is 0.678. The van der Waals surface area contributed by atoms with Gasteiger partial charge in [-0.15, -0.1) is 0 Å². The molecule has 2 nitrogen and oxygen atoms in total. The summed E-state index contributed by atoms with van der Waals surface area (Å²) in [6, 6.07) is 16.0. The van der Waals surface area contributed by atoms with Gasteiger partial charge in [0.2, 0.25) is 0 Å². The van der Waals surface area contributed by atoms with Crippen molar-refractivity contribution >= 4 is 22.5 Å². The summed E-state index contributed by atoms with van der Waals surface area (Å²) in [4.78, 5) is 0. The molecule has 3 rings (SSSR count). The third-order valence-electron chi connectivity index (χ3n) is 3.55. The SMILES string of the molecule is Cc1cc(C#N)ccc1Cn1ccc2ccc(Cl)cc21. The minimum atomic E-state index is 0.701. The lowest BCUT2D eigenvalue weighted by Gasteiger charge is -2.09. The molecule has 0 radical (unpaired) electrons. The van der Waals surface area contributed by atoms with Crippen LogP contribution in [0.25, 0.3) is 10.9 Å². The Labute approximate surface area is 122 Å². The van der Waals surface area contributed by atoms with E-state index in [4.69, 9.17) is 16.9 Å². The van der Waals surface area contributed by atoms with E-state index >= 15 is 0 Å². The predicted octanol–water partition coefficient (Wildman–Crippen LogP) is 4.52. The van der Waals surface area contributed by atoms with Crippen LogP contribution in [0.15, 0.2) is 48.7 Å². The first kappa shape index (κ1) is 12.8. The molecule has 0 unspecified atom stereocenters. The maximum atomic E-state index is 8.91. The Hall–Kier alpha value is -2.24. The normalized spacial score (nSPS) is 10.7. The molecule has 0 amide bonds. The van der Waals surface area contributed by atoms with Crippen molar-refractivity contribution in [1.82, 2.24) is 4.57 Å². The van der Waals surface area contributed by atoms with Crippen molar-refractivity contribution in [3.05, 3.63) is 70.4 Å². The van der Waals surface area contributed by atoms with E-state index in [-0.39, 0.29) is 0 Å². The summed E-state index contributed by atoms with van der Waals surface area (Å²) in [6.45, 7) is 2.82. The fourth-order valence-corrected chi connectivity index (χ4v) is 2.59. The molecule has 3 aromatic rings. The molecule has 0 saturated heterocycles. The van der Waals surface area contributed by atoms with E-state index in [1.165, 1.54) is 10.9 Å². The largest absolute Gasteiger partial charge is 0.343 e. The number of nitriles is 1. The lowest BCUT2D eigenvalue weighted by Crippen LogP contribution is -2.00. The van der Waals surface area contributed by atoms with Crippen LogP contribution in [0, 0.1) is 18.3 Å². The Balaban J connectivity index is 2.01. The van der Waals surface area contributed by atoms with Gasteiger partial charge in [-0.25, -0.2) is 0 Å². The van der Waals surface area contributed by atoms with E-state index in [9.17, 15) is 0 Å². The molecule has 20 heavy (non-hydrogen) atoms. The van der Waals surface area contributed by atoms with Gasteiger partial charge in [0.15, 0.2) is 0 Å². The van der Waals surface area contributed by atoms with Crippen LogP contribution in [0.2, 0.25) is 5.02 Å². The number of nitrogens with zero attached hydrogens (tertiary/aromatic N) is 2. The van der Waals surface area contributed by atoms with Crippen molar-refractivity contribution in [3.8, 4) is 6.07 Å². The number of hydrogen-bond acceptors (Lipinski definition) is 1. The second kappa shape index (κ2) is 5.03. The molecule has 0 aliphatic rings. The second-order valence-electron chi connectivity index (χ2n) is 4.90. The number of halogens is 1. The molecule has 0 N–H and O–H groups in total. The van der Waals surface area contributed by atoms with Crippen molar-refractivity contribution in [2.45, 2.75) is 13.5 Å². The number of aromatic nitrogens is 1. The zero-order valence-corrected chi connectivity index (χ0v) is 11.9. The summed E-state index contributed by atoms with van der Waals surface area (Å²) in [5.41, 5.74) is 4.17. The molecule has 1 aromatic heterocycles. The Kier molecular flexibility index (Phi) is 3.22. The van der Waals surface area contributed by atoms with Gasteiger partial charge >= 0.3 is 0 Å². The van der Waals surface area contributed by atoms with Crippen LogP contribution in [-0.2, 0) is 6.54 Å². The van der Waals surface area contributed by atoms with Crippen LogP contribution in [0.4, 0.5) is 0 Å². The van der Waals surface area contributed by atoms with Crippen molar-refractivity contribution in [1.29, 1.82) is 5.26 Å². The maximum Gasteiger partial charge on any atom is 0.0991 e. The molecule has 0 atom stereocenters. The molecular weight excluding hydrogens is 268 g/mol. The number of benzene rings is 2. The summed E-state index contributed by atoms with van der Waals surface area (Å²) in [7, 11) is 0. The van der Waals surface area contributed by atoms with Crippen molar-refractivity contribution in [3.63, 3.8) is 0 Å².